The fourth-order valence-electron chi connectivity index (χ4n) is 4.72. The van der Waals surface area contributed by atoms with Crippen LogP contribution < -0.4 is 23.8 Å². The summed E-state index contributed by atoms with van der Waals surface area (Å²) in [7, 11) is 1.55. The first kappa shape index (κ1) is 31.0. The number of carbonyl (C=O) groups is 2. The van der Waals surface area contributed by atoms with Crippen molar-refractivity contribution in [1.29, 1.82) is 0 Å². The molecule has 3 amide bonds. The van der Waals surface area contributed by atoms with Gasteiger partial charge in [0.2, 0.25) is 5.91 Å². The summed E-state index contributed by atoms with van der Waals surface area (Å²) in [5, 5.41) is 2.85. The fourth-order valence-corrected chi connectivity index (χ4v) is 4.90. The van der Waals surface area contributed by atoms with Crippen molar-refractivity contribution in [3.8, 4) is 23.0 Å². The molecule has 1 N–H and O–H groups in total. The van der Waals surface area contributed by atoms with Gasteiger partial charge in [-0.3, -0.25) is 20.0 Å². The van der Waals surface area contributed by atoms with Gasteiger partial charge in [0, 0.05) is 43.4 Å². The van der Waals surface area contributed by atoms with Crippen LogP contribution in [0.4, 0.5) is 14.9 Å². The molecule has 5 rings (SSSR count). The minimum absolute atomic E-state index is 0.0164. The summed E-state index contributed by atoms with van der Waals surface area (Å²) in [5.41, 5.74) is 1.45. The zero-order chi connectivity index (χ0) is 30.9. The van der Waals surface area contributed by atoms with E-state index in [0.29, 0.717) is 34.8 Å². The smallest absolute Gasteiger partial charge is 0.338 e. The number of fused-ring (bicyclic) bond motifs is 1. The highest BCUT2D eigenvalue weighted by Gasteiger charge is 2.19. The zero-order valence-electron chi connectivity index (χ0n) is 24.2. The van der Waals surface area contributed by atoms with E-state index >= 15 is 4.39 Å². The number of nitrogens with one attached hydrogen (secondary N) is 1. The lowest BCUT2D eigenvalue weighted by Crippen LogP contribution is -2.39. The van der Waals surface area contributed by atoms with Gasteiger partial charge in [0.25, 0.3) is 0 Å². The van der Waals surface area contributed by atoms with Crippen LogP contribution in [0.25, 0.3) is 10.9 Å². The summed E-state index contributed by atoms with van der Waals surface area (Å²) in [4.78, 5) is 31.6. The molecule has 1 saturated heterocycles. The second kappa shape index (κ2) is 14.9. The average Bonchev–Trinajstić information content (AvgIpc) is 3.04. The molecule has 1 aromatic heterocycles. The number of rotatable bonds is 11. The number of amides is 3. The zero-order valence-corrected chi connectivity index (χ0v) is 25.1. The SMILES string of the molecule is COc1cc2c(Oc3ccc(N(S)C(=O)NC(=O)Cc4ccccc4)cc3F)ccnc2cc1OCCCN1CCOCC1. The van der Waals surface area contributed by atoms with Gasteiger partial charge in [-0.2, -0.15) is 0 Å². The molecular formula is C32H33FN4O6S. The summed E-state index contributed by atoms with van der Waals surface area (Å²) < 4.78 is 38.9. The fraction of sp³-hybridized carbons (Fsp3) is 0.281. The molecule has 0 spiro atoms. The minimum atomic E-state index is -0.811. The first-order chi connectivity index (χ1) is 21.4. The van der Waals surface area contributed by atoms with Crippen LogP contribution in [0.15, 0.2) is 72.9 Å². The number of hydrogen-bond acceptors (Lipinski definition) is 9. The first-order valence-electron chi connectivity index (χ1n) is 14.1. The molecule has 44 heavy (non-hydrogen) atoms. The highest BCUT2D eigenvalue weighted by atomic mass is 32.1. The van der Waals surface area contributed by atoms with Crippen molar-refractivity contribution in [2.75, 3.05) is 50.9 Å². The molecule has 3 aromatic carbocycles. The third kappa shape index (κ3) is 7.95. The van der Waals surface area contributed by atoms with Crippen LogP contribution in [-0.4, -0.2) is 68.4 Å². The predicted molar refractivity (Wildman–Crippen MR) is 167 cm³/mol. The van der Waals surface area contributed by atoms with Crippen LogP contribution in [-0.2, 0) is 16.0 Å². The molecule has 0 bridgehead atoms. The lowest BCUT2D eigenvalue weighted by atomic mass is 10.1. The number of aromatic nitrogens is 1. The minimum Gasteiger partial charge on any atom is -0.493 e. The molecule has 1 fully saturated rings. The Kier molecular flexibility index (Phi) is 10.5. The van der Waals surface area contributed by atoms with Crippen LogP contribution in [0.2, 0.25) is 0 Å². The molecular weight excluding hydrogens is 587 g/mol. The van der Waals surface area contributed by atoms with Gasteiger partial charge in [0.15, 0.2) is 23.1 Å². The van der Waals surface area contributed by atoms with Crippen molar-refractivity contribution in [3.63, 3.8) is 0 Å². The number of methoxy groups -OCH3 is 1. The predicted octanol–water partition coefficient (Wildman–Crippen LogP) is 5.41. The van der Waals surface area contributed by atoms with Crippen molar-refractivity contribution in [1.82, 2.24) is 15.2 Å². The summed E-state index contributed by atoms with van der Waals surface area (Å²) in [6.07, 6.45) is 2.43. The molecule has 0 radical (unpaired) electrons. The number of carbonyl (C=O) groups excluding carboxylic acids is 2. The van der Waals surface area contributed by atoms with Crippen LogP contribution in [0, 0.1) is 5.82 Å². The third-order valence-electron chi connectivity index (χ3n) is 6.99. The number of halogens is 1. The van der Waals surface area contributed by atoms with E-state index in [1.807, 2.05) is 6.07 Å². The van der Waals surface area contributed by atoms with Gasteiger partial charge < -0.3 is 18.9 Å². The molecule has 10 nitrogen and oxygen atoms in total. The lowest BCUT2D eigenvalue weighted by Gasteiger charge is -2.26. The van der Waals surface area contributed by atoms with Crippen molar-refractivity contribution in [2.45, 2.75) is 12.8 Å². The normalized spacial score (nSPS) is 13.3. The lowest BCUT2D eigenvalue weighted by molar-refractivity contribution is -0.119. The van der Waals surface area contributed by atoms with Crippen LogP contribution in [0.1, 0.15) is 12.0 Å². The molecule has 0 atom stereocenters. The standard InChI is InChI=1S/C32H33FN4O6S/c1-40-29-20-24-26(21-30(29)42-15-5-12-36-13-16-41-17-14-36)34-11-10-27(24)43-28-9-8-23(19-25(28)33)37(44)32(39)35-31(38)18-22-6-3-2-4-7-22/h2-4,6-11,19-21,44H,5,12-18H2,1H3,(H,35,38,39). The van der Waals surface area contributed by atoms with Crippen molar-refractivity contribution < 1.29 is 32.9 Å². The summed E-state index contributed by atoms with van der Waals surface area (Å²) in [5.74, 6) is 0.0775. The van der Waals surface area contributed by atoms with E-state index in [0.717, 1.165) is 55.2 Å². The van der Waals surface area contributed by atoms with E-state index in [1.165, 1.54) is 12.1 Å². The van der Waals surface area contributed by atoms with Crippen LogP contribution in [0.5, 0.6) is 23.0 Å². The number of benzene rings is 3. The van der Waals surface area contributed by atoms with E-state index in [-0.39, 0.29) is 17.9 Å². The van der Waals surface area contributed by atoms with Crippen molar-refractivity contribution in [3.05, 3.63) is 84.3 Å². The van der Waals surface area contributed by atoms with Crippen LogP contribution >= 0.6 is 12.8 Å². The maximum absolute atomic E-state index is 15.2. The quantitative estimate of drug-likeness (QED) is 0.170. The Morgan fingerprint density at radius 3 is 2.57 bits per heavy atom. The molecule has 4 aromatic rings. The number of hydrogen-bond donors (Lipinski definition) is 2. The Labute approximate surface area is 260 Å². The second-order valence-electron chi connectivity index (χ2n) is 10.0. The van der Waals surface area contributed by atoms with Crippen LogP contribution in [0.3, 0.4) is 0 Å². The van der Waals surface area contributed by atoms with E-state index in [4.69, 9.17) is 18.9 Å². The topological polar surface area (TPSA) is 102 Å². The molecule has 230 valence electrons. The highest BCUT2D eigenvalue weighted by Crippen LogP contribution is 2.38. The Balaban J connectivity index is 1.23. The third-order valence-corrected chi connectivity index (χ3v) is 7.41. The van der Waals surface area contributed by atoms with E-state index in [1.54, 1.807) is 55.8 Å². The Bertz CT molecular complexity index is 1600. The molecule has 12 heteroatoms. The molecule has 2 heterocycles. The van der Waals surface area contributed by atoms with Gasteiger partial charge >= 0.3 is 6.03 Å². The number of morpholine rings is 1. The number of urea groups is 1. The number of pyridine rings is 1. The summed E-state index contributed by atoms with van der Waals surface area (Å²) in [6.45, 7) is 4.79. The Morgan fingerprint density at radius 2 is 1.82 bits per heavy atom. The van der Waals surface area contributed by atoms with E-state index < -0.39 is 17.8 Å². The van der Waals surface area contributed by atoms with Gasteiger partial charge in [-0.25, -0.2) is 13.5 Å². The van der Waals surface area contributed by atoms with Gasteiger partial charge in [-0.15, -0.1) is 0 Å². The number of nitrogens with zero attached hydrogens (tertiary/aromatic N) is 3. The molecule has 1 aliphatic rings. The Morgan fingerprint density at radius 1 is 1.02 bits per heavy atom. The van der Waals surface area contributed by atoms with Gasteiger partial charge in [0.05, 0.1) is 44.6 Å². The number of thiol groups is 1. The van der Waals surface area contributed by atoms with Gasteiger partial charge in [-0.05, 0) is 36.2 Å². The number of imide groups is 1. The second-order valence-corrected chi connectivity index (χ2v) is 10.4. The molecule has 0 saturated carbocycles. The maximum Gasteiger partial charge on any atom is 0.338 e. The average molecular weight is 621 g/mol. The van der Waals surface area contributed by atoms with Crippen molar-refractivity contribution in [2.24, 2.45) is 0 Å². The van der Waals surface area contributed by atoms with Gasteiger partial charge in [-0.1, -0.05) is 43.1 Å². The monoisotopic (exact) mass is 620 g/mol. The highest BCUT2D eigenvalue weighted by molar-refractivity contribution is 7.82. The van der Waals surface area contributed by atoms with Crippen molar-refractivity contribution >= 4 is 41.3 Å². The summed E-state index contributed by atoms with van der Waals surface area (Å²) in [6, 6.07) is 17.2. The maximum atomic E-state index is 15.2. The number of anilines is 1. The molecule has 0 aliphatic carbocycles. The summed E-state index contributed by atoms with van der Waals surface area (Å²) >= 11 is 4.15. The van der Waals surface area contributed by atoms with E-state index in [9.17, 15) is 9.59 Å². The molecule has 1 aliphatic heterocycles. The number of ether oxygens (including phenoxy) is 4. The molecule has 0 unspecified atom stereocenters. The largest absolute Gasteiger partial charge is 0.493 e. The first-order valence-corrected chi connectivity index (χ1v) is 14.5. The van der Waals surface area contributed by atoms with E-state index in [2.05, 4.69) is 28.0 Å². The van der Waals surface area contributed by atoms with Gasteiger partial charge in [0.1, 0.15) is 5.75 Å². The Hall–Kier alpha value is -4.39.